The second-order valence-electron chi connectivity index (χ2n) is 6.50. The summed E-state index contributed by atoms with van der Waals surface area (Å²) in [5.74, 6) is 1.18. The van der Waals surface area contributed by atoms with Gasteiger partial charge in [0.15, 0.2) is 11.5 Å². The number of thiophene rings is 1. The van der Waals surface area contributed by atoms with Crippen molar-refractivity contribution in [3.05, 3.63) is 58.7 Å². The van der Waals surface area contributed by atoms with Crippen molar-refractivity contribution >= 4 is 43.2 Å². The Labute approximate surface area is 173 Å². The van der Waals surface area contributed by atoms with Gasteiger partial charge in [-0.2, -0.15) is 0 Å². The second kappa shape index (κ2) is 8.48. The van der Waals surface area contributed by atoms with Crippen LogP contribution in [0.4, 0.5) is 5.69 Å². The minimum absolute atomic E-state index is 0.123. The summed E-state index contributed by atoms with van der Waals surface area (Å²) < 4.78 is 12.8. The lowest BCUT2D eigenvalue weighted by atomic mass is 10.2. The first-order valence-corrected chi connectivity index (χ1v) is 9.84. The Morgan fingerprint density at radius 1 is 1.17 bits per heavy atom. The van der Waals surface area contributed by atoms with E-state index in [1.54, 1.807) is 38.9 Å². The number of rotatable bonds is 6. The molecule has 0 saturated heterocycles. The molecule has 3 rings (SSSR count). The Morgan fingerprint density at radius 3 is 2.52 bits per heavy atom. The predicted molar refractivity (Wildman–Crippen MR) is 119 cm³/mol. The molecule has 0 radical (unpaired) electrons. The third-order valence-corrected chi connectivity index (χ3v) is 5.62. The Balaban J connectivity index is 2.14. The zero-order valence-electron chi connectivity index (χ0n) is 17.4. The van der Waals surface area contributed by atoms with Gasteiger partial charge < -0.3 is 14.4 Å². The lowest BCUT2D eigenvalue weighted by molar-refractivity contribution is 0.220. The van der Waals surface area contributed by atoms with Crippen LogP contribution in [-0.2, 0) is 9.47 Å². The van der Waals surface area contributed by atoms with Crippen molar-refractivity contribution in [3.63, 3.8) is 0 Å². The molecule has 0 saturated carbocycles. The van der Waals surface area contributed by atoms with Crippen molar-refractivity contribution in [2.45, 2.75) is 13.8 Å². The molecule has 29 heavy (non-hydrogen) atoms. The van der Waals surface area contributed by atoms with E-state index in [1.165, 1.54) is 15.9 Å². The van der Waals surface area contributed by atoms with Gasteiger partial charge in [-0.15, -0.1) is 11.3 Å². The number of nitrogens with zero attached hydrogens (tertiary/aromatic N) is 4. The molecular formula is C21H24N4O3S. The van der Waals surface area contributed by atoms with Crippen LogP contribution < -0.4 is 10.5 Å². The van der Waals surface area contributed by atoms with Gasteiger partial charge in [-0.05, 0) is 38.1 Å². The number of pyridine rings is 1. The fourth-order valence-electron chi connectivity index (χ4n) is 3.05. The first kappa shape index (κ1) is 20.6. The Hall–Kier alpha value is -3.13. The molecule has 7 nitrogen and oxygen atoms in total. The van der Waals surface area contributed by atoms with Gasteiger partial charge in [-0.1, -0.05) is 0 Å². The van der Waals surface area contributed by atoms with E-state index in [9.17, 15) is 4.79 Å². The van der Waals surface area contributed by atoms with E-state index in [0.29, 0.717) is 27.4 Å². The molecule has 0 N–H and O–H groups in total. The van der Waals surface area contributed by atoms with E-state index in [4.69, 9.17) is 9.47 Å². The number of methoxy groups -OCH3 is 2. The smallest absolute Gasteiger partial charge is 0.275 e. The predicted octanol–water partition coefficient (Wildman–Crippen LogP) is 4.01. The fourth-order valence-corrected chi connectivity index (χ4v) is 4.10. The number of allylic oxidation sites excluding steroid dienone is 4. The highest BCUT2D eigenvalue weighted by molar-refractivity contribution is 7.25. The van der Waals surface area contributed by atoms with Gasteiger partial charge in [0.05, 0.1) is 30.8 Å². The average molecular weight is 413 g/mol. The number of aromatic nitrogens is 3. The number of fused-ring (bicyclic) bond motifs is 3. The first-order valence-electron chi connectivity index (χ1n) is 9.02. The van der Waals surface area contributed by atoms with Crippen LogP contribution in [0.1, 0.15) is 13.8 Å². The van der Waals surface area contributed by atoms with E-state index in [2.05, 4.69) is 9.97 Å². The van der Waals surface area contributed by atoms with Crippen LogP contribution in [0, 0.1) is 0 Å². The molecular weight excluding hydrogens is 388 g/mol. The summed E-state index contributed by atoms with van der Waals surface area (Å²) in [7, 11) is 7.08. The van der Waals surface area contributed by atoms with Gasteiger partial charge in [0.1, 0.15) is 15.9 Å². The molecule has 0 aliphatic heterocycles. The molecule has 0 aliphatic rings. The van der Waals surface area contributed by atoms with Crippen LogP contribution in [0.2, 0.25) is 0 Å². The van der Waals surface area contributed by atoms with Gasteiger partial charge >= 0.3 is 0 Å². The maximum Gasteiger partial charge on any atom is 0.275 e. The van der Waals surface area contributed by atoms with Crippen molar-refractivity contribution in [1.29, 1.82) is 0 Å². The fraction of sp³-hybridized carbons (Fsp3) is 0.286. The van der Waals surface area contributed by atoms with Gasteiger partial charge in [0.2, 0.25) is 0 Å². The molecule has 0 bridgehead atoms. The van der Waals surface area contributed by atoms with Crippen LogP contribution in [-0.4, -0.2) is 42.8 Å². The summed E-state index contributed by atoms with van der Waals surface area (Å²) in [6.45, 7) is 3.71. The molecule has 0 unspecified atom stereocenters. The molecule has 152 valence electrons. The zero-order chi connectivity index (χ0) is 21.1. The van der Waals surface area contributed by atoms with Crippen LogP contribution in [0.5, 0.6) is 0 Å². The molecule has 0 amide bonds. The van der Waals surface area contributed by atoms with Crippen LogP contribution in [0.15, 0.2) is 53.1 Å². The lowest BCUT2D eigenvalue weighted by Gasteiger charge is -2.13. The Bertz CT molecular complexity index is 1200. The number of hydrogen-bond donors (Lipinski definition) is 0. The first-order chi connectivity index (χ1) is 13.9. The van der Waals surface area contributed by atoms with Gasteiger partial charge in [0, 0.05) is 26.0 Å². The van der Waals surface area contributed by atoms with E-state index in [0.717, 1.165) is 15.9 Å². The molecule has 0 atom stereocenters. The third kappa shape index (κ3) is 3.75. The summed E-state index contributed by atoms with van der Waals surface area (Å²) in [5, 5.41) is 0.905. The Kier molecular flexibility index (Phi) is 6.03. The topological polar surface area (TPSA) is 69.5 Å². The van der Waals surface area contributed by atoms with E-state index in [1.807, 2.05) is 45.0 Å². The molecule has 3 heterocycles. The van der Waals surface area contributed by atoms with Crippen molar-refractivity contribution in [1.82, 2.24) is 14.5 Å². The van der Waals surface area contributed by atoms with Crippen LogP contribution >= 0.6 is 11.3 Å². The summed E-state index contributed by atoms with van der Waals surface area (Å²) in [4.78, 5) is 25.0. The minimum Gasteiger partial charge on any atom is -0.493 e. The molecule has 0 spiro atoms. The molecule has 3 aromatic rings. The summed E-state index contributed by atoms with van der Waals surface area (Å²) in [6, 6.07) is 1.93. The van der Waals surface area contributed by atoms with Crippen molar-refractivity contribution in [2.75, 3.05) is 33.2 Å². The molecule has 3 aromatic heterocycles. The highest BCUT2D eigenvalue weighted by Crippen LogP contribution is 2.35. The van der Waals surface area contributed by atoms with Crippen LogP contribution in [0.25, 0.3) is 26.1 Å². The quantitative estimate of drug-likeness (QED) is 0.450. The average Bonchev–Trinajstić information content (AvgIpc) is 3.10. The third-order valence-electron chi connectivity index (χ3n) is 4.54. The number of hydrogen-bond acceptors (Lipinski definition) is 7. The van der Waals surface area contributed by atoms with Crippen LogP contribution in [0.3, 0.4) is 0 Å². The molecule has 0 fully saturated rings. The molecule has 0 aromatic carbocycles. The molecule has 8 heteroatoms. The highest BCUT2D eigenvalue weighted by Gasteiger charge is 2.16. The summed E-state index contributed by atoms with van der Waals surface area (Å²) in [5.41, 5.74) is 2.26. The SMILES string of the molecule is C\C=C(OC)/C(=C\C=C(/C)n1cnc2c(sc3nccc(N(C)C)c32)c1=O)OC. The van der Waals surface area contributed by atoms with Crippen molar-refractivity contribution in [2.24, 2.45) is 0 Å². The second-order valence-corrected chi connectivity index (χ2v) is 7.50. The molecule has 0 aliphatic carbocycles. The zero-order valence-corrected chi connectivity index (χ0v) is 18.2. The maximum atomic E-state index is 13.1. The van der Waals surface area contributed by atoms with E-state index < -0.39 is 0 Å². The summed E-state index contributed by atoms with van der Waals surface area (Å²) in [6.07, 6.45) is 8.68. The van der Waals surface area contributed by atoms with E-state index >= 15 is 0 Å². The normalized spacial score (nSPS) is 13.2. The lowest BCUT2D eigenvalue weighted by Crippen LogP contribution is -2.18. The minimum atomic E-state index is -0.123. The number of ether oxygens (including phenoxy) is 2. The summed E-state index contributed by atoms with van der Waals surface area (Å²) >= 11 is 1.36. The van der Waals surface area contributed by atoms with Gasteiger partial charge in [-0.3, -0.25) is 9.36 Å². The standard InChI is InChI=1S/C21H24N4O3S/c1-7-15(27-5)16(28-6)9-8-13(2)25-12-23-18-17-14(24(3)4)10-11-22-20(17)29-19(18)21(25)26/h7-12H,1-6H3/b13-8+,15-7+,16-9+. The Morgan fingerprint density at radius 2 is 1.90 bits per heavy atom. The largest absolute Gasteiger partial charge is 0.493 e. The highest BCUT2D eigenvalue weighted by atomic mass is 32.1. The van der Waals surface area contributed by atoms with Crippen molar-refractivity contribution < 1.29 is 9.47 Å². The van der Waals surface area contributed by atoms with Gasteiger partial charge in [0.25, 0.3) is 5.56 Å². The monoisotopic (exact) mass is 412 g/mol. The van der Waals surface area contributed by atoms with Crippen molar-refractivity contribution in [3.8, 4) is 0 Å². The van der Waals surface area contributed by atoms with Gasteiger partial charge in [-0.25, -0.2) is 9.97 Å². The maximum absolute atomic E-state index is 13.1. The number of anilines is 1. The van der Waals surface area contributed by atoms with E-state index in [-0.39, 0.29) is 5.56 Å².